The Balaban J connectivity index is 1.54. The van der Waals surface area contributed by atoms with Gasteiger partial charge in [0.15, 0.2) is 11.5 Å². The lowest BCUT2D eigenvalue weighted by atomic mass is 10.1. The van der Waals surface area contributed by atoms with E-state index in [2.05, 4.69) is 11.4 Å². The number of fused-ring (bicyclic) bond motifs is 1. The van der Waals surface area contributed by atoms with Crippen LogP contribution in [0.5, 0.6) is 11.5 Å². The van der Waals surface area contributed by atoms with Crippen LogP contribution < -0.4 is 14.8 Å². The number of ether oxygens (including phenoxy) is 2. The summed E-state index contributed by atoms with van der Waals surface area (Å²) in [6, 6.07) is 11.4. The van der Waals surface area contributed by atoms with E-state index in [-0.39, 0.29) is 11.3 Å². The van der Waals surface area contributed by atoms with Crippen LogP contribution in [0.15, 0.2) is 36.4 Å². The van der Waals surface area contributed by atoms with Crippen molar-refractivity contribution < 1.29 is 14.3 Å². The number of rotatable bonds is 2. The van der Waals surface area contributed by atoms with Crippen LogP contribution in [0, 0.1) is 19.3 Å². The molecular formula is C20H21NO3. The van der Waals surface area contributed by atoms with Crippen LogP contribution in [0.2, 0.25) is 0 Å². The average Bonchev–Trinajstić information content (AvgIpc) is 3.36. The zero-order valence-electron chi connectivity index (χ0n) is 14.0. The Morgan fingerprint density at radius 3 is 2.46 bits per heavy atom. The minimum atomic E-state index is -0.140. The fourth-order valence-corrected chi connectivity index (χ4v) is 3.00. The average molecular weight is 323 g/mol. The molecule has 24 heavy (non-hydrogen) atoms. The maximum absolute atomic E-state index is 12.6. The Bertz CT molecular complexity index is 809. The lowest BCUT2D eigenvalue weighted by Gasteiger charge is -2.11. The molecule has 1 amide bonds. The molecule has 0 saturated heterocycles. The molecule has 1 saturated carbocycles. The third kappa shape index (κ3) is 2.84. The predicted molar refractivity (Wildman–Crippen MR) is 93.0 cm³/mol. The molecule has 2 aromatic carbocycles. The van der Waals surface area contributed by atoms with Gasteiger partial charge in [0.25, 0.3) is 5.91 Å². The van der Waals surface area contributed by atoms with Gasteiger partial charge in [-0.3, -0.25) is 4.79 Å². The Morgan fingerprint density at radius 1 is 1.00 bits per heavy atom. The maximum Gasteiger partial charge on any atom is 0.255 e. The van der Waals surface area contributed by atoms with E-state index in [1.807, 2.05) is 32.0 Å². The van der Waals surface area contributed by atoms with E-state index in [9.17, 15) is 4.79 Å². The van der Waals surface area contributed by atoms with Gasteiger partial charge >= 0.3 is 0 Å². The number of carbonyl (C=O) groups excluding carboxylic acids is 1. The van der Waals surface area contributed by atoms with Crippen LogP contribution in [-0.2, 0) is 0 Å². The van der Waals surface area contributed by atoms with Gasteiger partial charge in [0.05, 0.1) is 13.2 Å². The molecule has 1 aliphatic heterocycles. The number of aryl methyl sites for hydroxylation is 2. The second-order valence-corrected chi connectivity index (χ2v) is 7.01. The summed E-state index contributed by atoms with van der Waals surface area (Å²) in [5.41, 5.74) is 3.82. The summed E-state index contributed by atoms with van der Waals surface area (Å²) in [7, 11) is 0. The predicted octanol–water partition coefficient (Wildman–Crippen LogP) is 4.11. The Kier molecular flexibility index (Phi) is 3.48. The number of hydrogen-bond acceptors (Lipinski definition) is 3. The zero-order valence-corrected chi connectivity index (χ0v) is 14.0. The van der Waals surface area contributed by atoms with Gasteiger partial charge in [-0.05, 0) is 56.5 Å². The standard InChI is InChI=1S/C20H21NO3/c1-13-3-5-16(14(2)9-13)21-19(22)15-4-6-17-18(10-15)24-12-20(7-8-20)11-23-17/h3-6,9-10H,7-8,11-12H2,1-2H3,(H,21,22). The number of carbonyl (C=O) groups is 1. The Morgan fingerprint density at radius 2 is 1.75 bits per heavy atom. The summed E-state index contributed by atoms with van der Waals surface area (Å²) < 4.78 is 11.8. The minimum absolute atomic E-state index is 0.140. The van der Waals surface area contributed by atoms with Crippen LogP contribution in [0.4, 0.5) is 5.69 Å². The molecule has 4 heteroatoms. The van der Waals surface area contributed by atoms with E-state index in [0.717, 1.165) is 29.8 Å². The topological polar surface area (TPSA) is 47.6 Å². The van der Waals surface area contributed by atoms with Crippen molar-refractivity contribution in [2.75, 3.05) is 18.5 Å². The molecule has 0 unspecified atom stereocenters. The number of nitrogens with one attached hydrogen (secondary N) is 1. The van der Waals surface area contributed by atoms with Gasteiger partial charge in [0.1, 0.15) is 0 Å². The van der Waals surface area contributed by atoms with Gasteiger partial charge in [-0.15, -0.1) is 0 Å². The number of hydrogen-bond donors (Lipinski definition) is 1. The summed E-state index contributed by atoms with van der Waals surface area (Å²) in [5, 5.41) is 2.97. The van der Waals surface area contributed by atoms with Crippen LogP contribution in [0.1, 0.15) is 34.3 Å². The first-order chi connectivity index (χ1) is 11.5. The third-order valence-corrected chi connectivity index (χ3v) is 4.86. The molecular weight excluding hydrogens is 302 g/mol. The SMILES string of the molecule is Cc1ccc(NC(=O)c2ccc3c(c2)OCC2(CC2)CO3)c(C)c1. The summed E-state index contributed by atoms with van der Waals surface area (Å²) in [5.74, 6) is 1.24. The smallest absolute Gasteiger partial charge is 0.255 e. The van der Waals surface area contributed by atoms with Crippen LogP contribution in [-0.4, -0.2) is 19.1 Å². The lowest BCUT2D eigenvalue weighted by Crippen LogP contribution is -2.17. The molecule has 1 N–H and O–H groups in total. The molecule has 4 rings (SSSR count). The van der Waals surface area contributed by atoms with Gasteiger partial charge in [-0.2, -0.15) is 0 Å². The number of amides is 1. The first kappa shape index (κ1) is 15.1. The van der Waals surface area contributed by atoms with E-state index in [0.29, 0.717) is 24.5 Å². The fourth-order valence-electron chi connectivity index (χ4n) is 3.00. The van der Waals surface area contributed by atoms with Gasteiger partial charge < -0.3 is 14.8 Å². The molecule has 0 aromatic heterocycles. The van der Waals surface area contributed by atoms with Gasteiger partial charge in [-0.25, -0.2) is 0 Å². The van der Waals surface area contributed by atoms with E-state index in [1.54, 1.807) is 12.1 Å². The summed E-state index contributed by atoms with van der Waals surface area (Å²) in [6.07, 6.45) is 2.31. The Labute approximate surface area is 141 Å². The second kappa shape index (κ2) is 5.55. The zero-order chi connectivity index (χ0) is 16.7. The van der Waals surface area contributed by atoms with Crippen molar-refractivity contribution in [2.45, 2.75) is 26.7 Å². The van der Waals surface area contributed by atoms with Gasteiger partial charge in [-0.1, -0.05) is 17.7 Å². The highest BCUT2D eigenvalue weighted by molar-refractivity contribution is 6.05. The van der Waals surface area contributed by atoms with E-state index in [4.69, 9.17) is 9.47 Å². The van der Waals surface area contributed by atoms with Crippen molar-refractivity contribution in [1.82, 2.24) is 0 Å². The molecule has 2 aliphatic rings. The van der Waals surface area contributed by atoms with E-state index >= 15 is 0 Å². The van der Waals surface area contributed by atoms with Crippen LogP contribution in [0.25, 0.3) is 0 Å². The normalized spacial score (nSPS) is 17.2. The van der Waals surface area contributed by atoms with Crippen molar-refractivity contribution in [3.63, 3.8) is 0 Å². The largest absolute Gasteiger partial charge is 0.489 e. The van der Waals surface area contributed by atoms with Gasteiger partial charge in [0, 0.05) is 16.7 Å². The number of anilines is 1. The molecule has 1 aliphatic carbocycles. The van der Waals surface area contributed by atoms with Crippen molar-refractivity contribution in [3.8, 4) is 11.5 Å². The first-order valence-electron chi connectivity index (χ1n) is 8.33. The first-order valence-corrected chi connectivity index (χ1v) is 8.33. The van der Waals surface area contributed by atoms with Crippen molar-refractivity contribution in [1.29, 1.82) is 0 Å². The number of benzene rings is 2. The Hall–Kier alpha value is -2.49. The molecule has 0 bridgehead atoms. The molecule has 2 aromatic rings. The molecule has 1 spiro atoms. The van der Waals surface area contributed by atoms with Gasteiger partial charge in [0.2, 0.25) is 0 Å². The second-order valence-electron chi connectivity index (χ2n) is 7.01. The van der Waals surface area contributed by atoms with E-state index in [1.165, 1.54) is 5.56 Å². The molecule has 0 radical (unpaired) electrons. The highest BCUT2D eigenvalue weighted by atomic mass is 16.5. The minimum Gasteiger partial charge on any atom is -0.489 e. The molecule has 1 heterocycles. The summed E-state index contributed by atoms with van der Waals surface area (Å²) in [4.78, 5) is 12.6. The fraction of sp³-hybridized carbons (Fsp3) is 0.350. The highest BCUT2D eigenvalue weighted by Gasteiger charge is 2.46. The van der Waals surface area contributed by atoms with Crippen LogP contribution in [0.3, 0.4) is 0 Å². The van der Waals surface area contributed by atoms with Crippen molar-refractivity contribution in [3.05, 3.63) is 53.1 Å². The van der Waals surface area contributed by atoms with Crippen molar-refractivity contribution >= 4 is 11.6 Å². The summed E-state index contributed by atoms with van der Waals surface area (Å²) in [6.45, 7) is 5.40. The van der Waals surface area contributed by atoms with E-state index < -0.39 is 0 Å². The maximum atomic E-state index is 12.6. The molecule has 0 atom stereocenters. The summed E-state index contributed by atoms with van der Waals surface area (Å²) >= 11 is 0. The van der Waals surface area contributed by atoms with Crippen LogP contribution >= 0.6 is 0 Å². The molecule has 124 valence electrons. The molecule has 1 fully saturated rings. The highest BCUT2D eigenvalue weighted by Crippen LogP contribution is 2.49. The quantitative estimate of drug-likeness (QED) is 0.905. The van der Waals surface area contributed by atoms with Crippen molar-refractivity contribution in [2.24, 2.45) is 5.41 Å². The third-order valence-electron chi connectivity index (χ3n) is 4.86. The monoisotopic (exact) mass is 323 g/mol. The molecule has 4 nitrogen and oxygen atoms in total. The lowest BCUT2D eigenvalue weighted by molar-refractivity contribution is 0.102.